The number of aliphatic hydroxyl groups is 5. The smallest absolute Gasteiger partial charge is 0.187 e. The molecular weight excluding hydrogens is 372 g/mol. The summed E-state index contributed by atoms with van der Waals surface area (Å²) in [7, 11) is 0. The predicted molar refractivity (Wildman–Crippen MR) is 96.0 cm³/mol. The van der Waals surface area contributed by atoms with Crippen molar-refractivity contribution in [1.29, 1.82) is 0 Å². The van der Waals surface area contributed by atoms with Crippen LogP contribution < -0.4 is 0 Å². The summed E-state index contributed by atoms with van der Waals surface area (Å²) in [5.74, 6) is -0.649. The largest absolute Gasteiger partial charge is 0.394 e. The molecule has 0 saturated carbocycles. The molecule has 0 aromatic heterocycles. The molecule has 0 bridgehead atoms. The van der Waals surface area contributed by atoms with Crippen molar-refractivity contribution in [3.05, 3.63) is 23.8 Å². The van der Waals surface area contributed by atoms with Gasteiger partial charge in [0.1, 0.15) is 36.6 Å². The number of hydrogen-bond donors (Lipinski definition) is 5. The third kappa shape index (κ3) is 4.41. The standard InChI is InChI=1S/C19H28O9/c1-10-6-12(22)7-18(2,3)19(10,26)5-4-11(21)9-27-17-16(25)15(24)14(23)13(8-20)28-17/h4-6,13-17,20,23-26H,7-9H2,1-3H3/b5-4+. The molecule has 0 spiro atoms. The molecule has 0 aromatic carbocycles. The molecule has 158 valence electrons. The first kappa shape index (κ1) is 22.8. The van der Waals surface area contributed by atoms with E-state index in [-0.39, 0.29) is 12.2 Å². The van der Waals surface area contributed by atoms with E-state index in [2.05, 4.69) is 0 Å². The second kappa shape index (κ2) is 8.50. The summed E-state index contributed by atoms with van der Waals surface area (Å²) in [6.45, 7) is 3.92. The van der Waals surface area contributed by atoms with Gasteiger partial charge in [0.25, 0.3) is 0 Å². The van der Waals surface area contributed by atoms with E-state index in [0.29, 0.717) is 5.57 Å². The fourth-order valence-corrected chi connectivity index (χ4v) is 3.49. The highest BCUT2D eigenvalue weighted by molar-refractivity contribution is 5.94. The summed E-state index contributed by atoms with van der Waals surface area (Å²) >= 11 is 0. The van der Waals surface area contributed by atoms with E-state index in [1.165, 1.54) is 12.2 Å². The van der Waals surface area contributed by atoms with Gasteiger partial charge in [0.2, 0.25) is 0 Å². The van der Waals surface area contributed by atoms with Crippen molar-refractivity contribution < 1.29 is 44.6 Å². The molecule has 0 radical (unpaired) electrons. The highest BCUT2D eigenvalue weighted by Crippen LogP contribution is 2.44. The third-order valence-corrected chi connectivity index (χ3v) is 5.38. The zero-order valence-corrected chi connectivity index (χ0v) is 16.1. The molecule has 5 N–H and O–H groups in total. The normalized spacial score (nSPS) is 38.5. The van der Waals surface area contributed by atoms with Crippen molar-refractivity contribution in [2.45, 2.75) is 63.5 Å². The van der Waals surface area contributed by atoms with E-state index in [9.17, 15) is 30.0 Å². The van der Waals surface area contributed by atoms with Gasteiger partial charge >= 0.3 is 0 Å². The van der Waals surface area contributed by atoms with Gasteiger partial charge in [-0.25, -0.2) is 0 Å². The van der Waals surface area contributed by atoms with Crippen molar-refractivity contribution in [2.24, 2.45) is 5.41 Å². The molecule has 28 heavy (non-hydrogen) atoms. The van der Waals surface area contributed by atoms with Crippen LogP contribution in [0.5, 0.6) is 0 Å². The van der Waals surface area contributed by atoms with Crippen molar-refractivity contribution >= 4 is 11.6 Å². The Morgan fingerprint density at radius 2 is 1.93 bits per heavy atom. The molecule has 1 saturated heterocycles. The Hall–Kier alpha value is -1.46. The van der Waals surface area contributed by atoms with E-state index in [1.54, 1.807) is 20.8 Å². The van der Waals surface area contributed by atoms with Gasteiger partial charge in [-0.1, -0.05) is 13.8 Å². The van der Waals surface area contributed by atoms with Crippen LogP contribution in [-0.4, -0.2) is 86.6 Å². The Kier molecular flexibility index (Phi) is 6.93. The van der Waals surface area contributed by atoms with Gasteiger partial charge in [0, 0.05) is 11.8 Å². The third-order valence-electron chi connectivity index (χ3n) is 5.38. The van der Waals surface area contributed by atoms with Crippen LogP contribution in [0.4, 0.5) is 0 Å². The maximum atomic E-state index is 12.1. The minimum absolute atomic E-state index is 0.0992. The Bertz CT molecular complexity index is 666. The summed E-state index contributed by atoms with van der Waals surface area (Å²) in [5, 5.41) is 49.4. The van der Waals surface area contributed by atoms with E-state index in [1.807, 2.05) is 0 Å². The number of aliphatic hydroxyl groups excluding tert-OH is 4. The first-order valence-corrected chi connectivity index (χ1v) is 9.01. The van der Waals surface area contributed by atoms with E-state index >= 15 is 0 Å². The average Bonchev–Trinajstić information content (AvgIpc) is 2.61. The van der Waals surface area contributed by atoms with Crippen molar-refractivity contribution in [3.8, 4) is 0 Å². The summed E-state index contributed by atoms with van der Waals surface area (Å²) < 4.78 is 10.3. The first-order chi connectivity index (χ1) is 12.9. The van der Waals surface area contributed by atoms with Gasteiger partial charge in [-0.05, 0) is 30.7 Å². The van der Waals surface area contributed by atoms with E-state index in [0.717, 1.165) is 6.08 Å². The lowest BCUT2D eigenvalue weighted by Crippen LogP contribution is -2.59. The molecule has 6 unspecified atom stereocenters. The molecule has 2 rings (SSSR count). The van der Waals surface area contributed by atoms with Crippen LogP contribution >= 0.6 is 0 Å². The summed E-state index contributed by atoms with van der Waals surface area (Å²) in [6.07, 6.45) is -3.36. The van der Waals surface area contributed by atoms with Gasteiger partial charge in [0.15, 0.2) is 17.9 Å². The molecule has 9 heteroatoms. The number of ketones is 2. The van der Waals surface area contributed by atoms with Crippen LogP contribution in [0, 0.1) is 5.41 Å². The Morgan fingerprint density at radius 1 is 1.29 bits per heavy atom. The van der Waals surface area contributed by atoms with Gasteiger partial charge in [-0.2, -0.15) is 0 Å². The van der Waals surface area contributed by atoms with Crippen LogP contribution in [0.15, 0.2) is 23.8 Å². The Labute approximate surface area is 162 Å². The first-order valence-electron chi connectivity index (χ1n) is 9.01. The van der Waals surface area contributed by atoms with Crippen LogP contribution in [-0.2, 0) is 19.1 Å². The summed E-state index contributed by atoms with van der Waals surface area (Å²) in [4.78, 5) is 23.9. The molecule has 0 amide bonds. The van der Waals surface area contributed by atoms with Crippen molar-refractivity contribution in [2.75, 3.05) is 13.2 Å². The number of ether oxygens (including phenoxy) is 2. The molecule has 2 aliphatic rings. The highest BCUT2D eigenvalue weighted by atomic mass is 16.7. The molecule has 9 nitrogen and oxygen atoms in total. The lowest BCUT2D eigenvalue weighted by molar-refractivity contribution is -0.298. The Balaban J connectivity index is 2.02. The van der Waals surface area contributed by atoms with Gasteiger partial charge in [0.05, 0.1) is 6.61 Å². The molecule has 1 aliphatic heterocycles. The second-order valence-electron chi connectivity index (χ2n) is 7.93. The molecule has 1 aliphatic carbocycles. The minimum Gasteiger partial charge on any atom is -0.394 e. The zero-order valence-electron chi connectivity index (χ0n) is 16.1. The summed E-state index contributed by atoms with van der Waals surface area (Å²) in [6, 6.07) is 0. The highest BCUT2D eigenvalue weighted by Gasteiger charge is 2.47. The van der Waals surface area contributed by atoms with Crippen molar-refractivity contribution in [1.82, 2.24) is 0 Å². The number of rotatable bonds is 6. The molecule has 1 heterocycles. The topological polar surface area (TPSA) is 154 Å². The SMILES string of the molecule is CC1=CC(=O)CC(C)(C)C1(O)/C=C/C(=O)COC1OC(CO)C(O)C(O)C1O. The number of carbonyl (C=O) groups is 2. The molecule has 1 fully saturated rings. The minimum atomic E-state index is -1.60. The lowest BCUT2D eigenvalue weighted by atomic mass is 9.64. The van der Waals surface area contributed by atoms with Crippen LogP contribution in [0.1, 0.15) is 27.2 Å². The van der Waals surface area contributed by atoms with Gasteiger partial charge < -0.3 is 35.0 Å². The van der Waals surface area contributed by atoms with Gasteiger partial charge in [-0.15, -0.1) is 0 Å². The molecular formula is C19H28O9. The number of allylic oxidation sites excluding steroid dienone is 1. The Morgan fingerprint density at radius 3 is 2.50 bits per heavy atom. The van der Waals surface area contributed by atoms with Crippen LogP contribution in [0.3, 0.4) is 0 Å². The van der Waals surface area contributed by atoms with E-state index < -0.39 is 60.7 Å². The maximum absolute atomic E-state index is 12.1. The van der Waals surface area contributed by atoms with Crippen LogP contribution in [0.2, 0.25) is 0 Å². The van der Waals surface area contributed by atoms with Crippen LogP contribution in [0.25, 0.3) is 0 Å². The summed E-state index contributed by atoms with van der Waals surface area (Å²) in [5.41, 5.74) is -1.87. The van der Waals surface area contributed by atoms with Crippen molar-refractivity contribution in [3.63, 3.8) is 0 Å². The monoisotopic (exact) mass is 400 g/mol. The molecule has 6 atom stereocenters. The maximum Gasteiger partial charge on any atom is 0.187 e. The quantitative estimate of drug-likeness (QED) is 0.339. The second-order valence-corrected chi connectivity index (χ2v) is 7.93. The van der Waals surface area contributed by atoms with E-state index in [4.69, 9.17) is 14.6 Å². The fourth-order valence-electron chi connectivity index (χ4n) is 3.49. The predicted octanol–water partition coefficient (Wildman–Crippen LogP) is -1.40. The molecule has 0 aromatic rings. The number of hydrogen-bond acceptors (Lipinski definition) is 9. The number of carbonyl (C=O) groups excluding carboxylic acids is 2. The fraction of sp³-hybridized carbons (Fsp3) is 0.684. The lowest BCUT2D eigenvalue weighted by Gasteiger charge is -2.43. The zero-order chi connectivity index (χ0) is 21.3. The average molecular weight is 400 g/mol. The van der Waals surface area contributed by atoms with Gasteiger partial charge in [-0.3, -0.25) is 9.59 Å².